The monoisotopic (exact) mass is 524 g/mol. The molecule has 7 nitrogen and oxygen atoms in total. The Balaban J connectivity index is 1.58. The van der Waals surface area contributed by atoms with Crippen LogP contribution in [0.4, 0.5) is 28.9 Å². The van der Waals surface area contributed by atoms with Crippen molar-refractivity contribution in [3.05, 3.63) is 88.7 Å². The summed E-state index contributed by atoms with van der Waals surface area (Å²) in [5.74, 6) is -3.31. The molecule has 0 saturated heterocycles. The summed E-state index contributed by atoms with van der Waals surface area (Å²) in [5, 5.41) is 4.33. The van der Waals surface area contributed by atoms with Gasteiger partial charge in [-0.2, -0.15) is 13.2 Å². The summed E-state index contributed by atoms with van der Waals surface area (Å²) < 4.78 is 62.5. The molecule has 0 fully saturated rings. The lowest BCUT2D eigenvalue weighted by Crippen LogP contribution is -2.23. The largest absolute Gasteiger partial charge is 0.483 e. The Bertz CT molecular complexity index is 1280. The van der Waals surface area contributed by atoms with E-state index in [-0.39, 0.29) is 27.7 Å². The van der Waals surface area contributed by atoms with E-state index in [1.165, 1.54) is 48.5 Å². The number of nitrogens with one attached hydrogen (secondary N) is 2. The van der Waals surface area contributed by atoms with Crippen molar-refractivity contribution in [1.82, 2.24) is 0 Å². The lowest BCUT2D eigenvalue weighted by Gasteiger charge is -2.13. The Morgan fingerprint density at radius 3 is 2.19 bits per heavy atom. The predicted molar refractivity (Wildman–Crippen MR) is 122 cm³/mol. The van der Waals surface area contributed by atoms with Crippen molar-refractivity contribution in [1.29, 1.82) is 0 Å². The zero-order chi connectivity index (χ0) is 26.3. The van der Waals surface area contributed by atoms with Crippen LogP contribution >= 0.6 is 11.6 Å². The van der Waals surface area contributed by atoms with Crippen molar-refractivity contribution < 1.29 is 41.4 Å². The summed E-state index contributed by atoms with van der Waals surface area (Å²) in [7, 11) is 0. The Kier molecular flexibility index (Phi) is 8.49. The SMILES string of the molecule is O=C(COc1ccccc1C(=O)OCC(=O)Nc1cc(C(F)(F)F)ccc1Cl)Nc1ccccc1F. The number of alkyl halides is 3. The third-order valence-corrected chi connectivity index (χ3v) is 4.85. The second-order valence-electron chi connectivity index (χ2n) is 7.13. The number of amides is 2. The first-order valence-electron chi connectivity index (χ1n) is 10.1. The normalized spacial score (nSPS) is 10.9. The first-order valence-corrected chi connectivity index (χ1v) is 10.5. The van der Waals surface area contributed by atoms with E-state index in [9.17, 15) is 31.9 Å². The maximum absolute atomic E-state index is 13.7. The number of para-hydroxylation sites is 2. The number of ether oxygens (including phenoxy) is 2. The van der Waals surface area contributed by atoms with Crippen LogP contribution in [0.2, 0.25) is 5.02 Å². The maximum atomic E-state index is 13.7. The van der Waals surface area contributed by atoms with Crippen molar-refractivity contribution in [3.8, 4) is 5.75 Å². The van der Waals surface area contributed by atoms with Crippen molar-refractivity contribution >= 4 is 40.8 Å². The van der Waals surface area contributed by atoms with Crippen LogP contribution in [-0.2, 0) is 20.5 Å². The van der Waals surface area contributed by atoms with Crippen LogP contribution in [0.5, 0.6) is 5.75 Å². The van der Waals surface area contributed by atoms with Crippen LogP contribution in [-0.4, -0.2) is 31.0 Å². The smallest absolute Gasteiger partial charge is 0.416 e. The third kappa shape index (κ3) is 7.19. The molecular weight excluding hydrogens is 508 g/mol. The zero-order valence-corrected chi connectivity index (χ0v) is 19.0. The van der Waals surface area contributed by atoms with Gasteiger partial charge in [0, 0.05) is 0 Å². The van der Waals surface area contributed by atoms with Gasteiger partial charge in [-0.05, 0) is 42.5 Å². The molecule has 0 aliphatic heterocycles. The van der Waals surface area contributed by atoms with E-state index in [1.807, 2.05) is 0 Å². The lowest BCUT2D eigenvalue weighted by atomic mass is 10.2. The minimum absolute atomic E-state index is 0.0486. The number of hydrogen-bond acceptors (Lipinski definition) is 5. The molecule has 188 valence electrons. The Hall–Kier alpha value is -4.12. The summed E-state index contributed by atoms with van der Waals surface area (Å²) in [6, 6.07) is 13.6. The molecule has 36 heavy (non-hydrogen) atoms. The van der Waals surface area contributed by atoms with E-state index >= 15 is 0 Å². The quantitative estimate of drug-likeness (QED) is 0.308. The predicted octanol–water partition coefficient (Wildman–Crippen LogP) is 5.31. The highest BCUT2D eigenvalue weighted by Gasteiger charge is 2.31. The van der Waals surface area contributed by atoms with Gasteiger partial charge in [-0.15, -0.1) is 0 Å². The van der Waals surface area contributed by atoms with Crippen molar-refractivity contribution in [3.63, 3.8) is 0 Å². The van der Waals surface area contributed by atoms with Gasteiger partial charge in [0.1, 0.15) is 17.1 Å². The number of carbonyl (C=O) groups is 3. The van der Waals surface area contributed by atoms with Gasteiger partial charge in [0.05, 0.1) is 22.0 Å². The third-order valence-electron chi connectivity index (χ3n) is 4.52. The van der Waals surface area contributed by atoms with Crippen LogP contribution < -0.4 is 15.4 Å². The van der Waals surface area contributed by atoms with Crippen molar-refractivity contribution in [2.24, 2.45) is 0 Å². The van der Waals surface area contributed by atoms with Gasteiger partial charge in [0.25, 0.3) is 11.8 Å². The molecule has 12 heteroatoms. The van der Waals surface area contributed by atoms with Crippen LogP contribution in [0, 0.1) is 5.82 Å². The van der Waals surface area contributed by atoms with Crippen molar-refractivity contribution in [2.75, 3.05) is 23.8 Å². The molecule has 0 atom stereocenters. The average Bonchev–Trinajstić information content (AvgIpc) is 2.83. The standard InChI is InChI=1S/C24H17ClF4N2O5/c25-16-10-9-14(24(27,28)29)11-19(16)31-22(33)13-36-23(34)15-5-1-4-8-20(15)35-12-21(32)30-18-7-3-2-6-17(18)26/h1-11H,12-13H2,(H,30,32)(H,31,33). The molecule has 0 aliphatic rings. The highest BCUT2D eigenvalue weighted by Crippen LogP contribution is 2.33. The molecule has 2 amide bonds. The summed E-state index contributed by atoms with van der Waals surface area (Å²) in [6.45, 7) is -1.40. The maximum Gasteiger partial charge on any atom is 0.416 e. The molecule has 3 aromatic carbocycles. The molecule has 0 aromatic heterocycles. The zero-order valence-electron chi connectivity index (χ0n) is 18.2. The molecule has 0 heterocycles. The highest BCUT2D eigenvalue weighted by molar-refractivity contribution is 6.33. The van der Waals surface area contributed by atoms with E-state index in [1.54, 1.807) is 0 Å². The molecule has 0 aliphatic carbocycles. The van der Waals surface area contributed by atoms with Gasteiger partial charge in [0.15, 0.2) is 13.2 Å². The van der Waals surface area contributed by atoms with E-state index in [0.29, 0.717) is 6.07 Å². The molecular formula is C24H17ClF4N2O5. The van der Waals surface area contributed by atoms with Crippen LogP contribution in [0.15, 0.2) is 66.7 Å². The summed E-state index contributed by atoms with van der Waals surface area (Å²) in [5.41, 5.74) is -1.51. The van der Waals surface area contributed by atoms with Crippen LogP contribution in [0.1, 0.15) is 15.9 Å². The number of rotatable bonds is 8. The second-order valence-corrected chi connectivity index (χ2v) is 7.54. The van der Waals surface area contributed by atoms with Gasteiger partial charge in [0.2, 0.25) is 0 Å². The Morgan fingerprint density at radius 2 is 1.47 bits per heavy atom. The molecule has 0 unspecified atom stereocenters. The second kappa shape index (κ2) is 11.5. The first kappa shape index (κ1) is 26.5. The van der Waals surface area contributed by atoms with Crippen molar-refractivity contribution in [2.45, 2.75) is 6.18 Å². The summed E-state index contributed by atoms with van der Waals surface area (Å²) in [6.07, 6.45) is -4.65. The summed E-state index contributed by atoms with van der Waals surface area (Å²) >= 11 is 5.83. The first-order chi connectivity index (χ1) is 17.0. The molecule has 3 rings (SSSR count). The Morgan fingerprint density at radius 1 is 0.833 bits per heavy atom. The van der Waals surface area contributed by atoms with Crippen LogP contribution in [0.25, 0.3) is 0 Å². The number of anilines is 2. The van der Waals surface area contributed by atoms with Gasteiger partial charge >= 0.3 is 12.1 Å². The topological polar surface area (TPSA) is 93.7 Å². The van der Waals surface area contributed by atoms with Crippen LogP contribution in [0.3, 0.4) is 0 Å². The van der Waals surface area contributed by atoms with E-state index in [0.717, 1.165) is 12.1 Å². The van der Waals surface area contributed by atoms with Gasteiger partial charge in [-0.1, -0.05) is 35.9 Å². The minimum atomic E-state index is -4.65. The molecule has 0 radical (unpaired) electrons. The molecule has 3 aromatic rings. The fourth-order valence-corrected chi connectivity index (χ4v) is 3.01. The lowest BCUT2D eigenvalue weighted by molar-refractivity contribution is -0.137. The average molecular weight is 525 g/mol. The number of benzene rings is 3. The molecule has 0 bridgehead atoms. The van der Waals surface area contributed by atoms with E-state index in [4.69, 9.17) is 21.1 Å². The minimum Gasteiger partial charge on any atom is -0.483 e. The highest BCUT2D eigenvalue weighted by atomic mass is 35.5. The number of halogens is 5. The number of hydrogen-bond donors (Lipinski definition) is 2. The summed E-state index contributed by atoms with van der Waals surface area (Å²) in [4.78, 5) is 36.6. The Labute approximate surface area is 207 Å². The van der Waals surface area contributed by atoms with Gasteiger partial charge in [-0.3, -0.25) is 9.59 Å². The number of esters is 1. The fraction of sp³-hybridized carbons (Fsp3) is 0.125. The van der Waals surface area contributed by atoms with E-state index in [2.05, 4.69) is 10.6 Å². The molecule has 0 saturated carbocycles. The molecule has 2 N–H and O–H groups in total. The van der Waals surface area contributed by atoms with Gasteiger partial charge < -0.3 is 20.1 Å². The molecule has 0 spiro atoms. The number of carbonyl (C=O) groups excluding carboxylic acids is 3. The van der Waals surface area contributed by atoms with E-state index < -0.39 is 48.6 Å². The fourth-order valence-electron chi connectivity index (χ4n) is 2.85. The van der Waals surface area contributed by atoms with Gasteiger partial charge in [-0.25, -0.2) is 9.18 Å².